The monoisotopic (exact) mass is 294 g/mol. The molecule has 114 valence electrons. The predicted molar refractivity (Wildman–Crippen MR) is 76.2 cm³/mol. The molecule has 7 heteroatoms. The molecule has 1 N–H and O–H groups in total. The Hall–Kier alpha value is -2.44. The van der Waals surface area contributed by atoms with E-state index >= 15 is 0 Å². The van der Waals surface area contributed by atoms with Crippen LogP contribution in [0.25, 0.3) is 0 Å². The molecule has 0 aliphatic carbocycles. The Balaban J connectivity index is 3.10. The Morgan fingerprint density at radius 2 is 1.86 bits per heavy atom. The zero-order valence-electron chi connectivity index (χ0n) is 12.4. The van der Waals surface area contributed by atoms with Crippen LogP contribution in [0, 0.1) is 16.0 Å². The number of hydrogen-bond acceptors (Lipinski definition) is 5. The highest BCUT2D eigenvalue weighted by atomic mass is 16.6. The number of hydrogen-bond donors (Lipinski definition) is 1. The smallest absolute Gasteiger partial charge is 0.314 e. The van der Waals surface area contributed by atoms with Crippen molar-refractivity contribution in [1.29, 1.82) is 0 Å². The first kappa shape index (κ1) is 16.6. The van der Waals surface area contributed by atoms with Gasteiger partial charge >= 0.3 is 11.7 Å². The molecule has 0 saturated heterocycles. The molecule has 0 saturated carbocycles. The van der Waals surface area contributed by atoms with E-state index in [1.807, 2.05) is 0 Å². The summed E-state index contributed by atoms with van der Waals surface area (Å²) in [5, 5.41) is 13.7. The van der Waals surface area contributed by atoms with Crippen LogP contribution >= 0.6 is 0 Å². The molecule has 0 heterocycles. The Morgan fingerprint density at radius 3 is 2.33 bits per heavy atom. The molecule has 0 atom stereocenters. The van der Waals surface area contributed by atoms with Crippen LogP contribution in [0.15, 0.2) is 18.2 Å². The third-order valence-corrected chi connectivity index (χ3v) is 2.52. The summed E-state index contributed by atoms with van der Waals surface area (Å²) >= 11 is 0. The van der Waals surface area contributed by atoms with Crippen molar-refractivity contribution < 1.29 is 19.2 Å². The van der Waals surface area contributed by atoms with Crippen molar-refractivity contribution in [3.05, 3.63) is 33.9 Å². The molecule has 0 aromatic heterocycles. The number of nitro benzene ring substituents is 1. The fourth-order valence-corrected chi connectivity index (χ4v) is 1.46. The first-order valence-electron chi connectivity index (χ1n) is 6.53. The van der Waals surface area contributed by atoms with Gasteiger partial charge in [-0.3, -0.25) is 19.7 Å². The van der Waals surface area contributed by atoms with Gasteiger partial charge < -0.3 is 10.1 Å². The van der Waals surface area contributed by atoms with Gasteiger partial charge in [0.2, 0.25) is 5.75 Å². The normalized spacial score (nSPS) is 10.6. The molecule has 0 aliphatic heterocycles. The van der Waals surface area contributed by atoms with Crippen LogP contribution in [-0.4, -0.2) is 22.8 Å². The second-order valence-electron chi connectivity index (χ2n) is 5.14. The first-order valence-corrected chi connectivity index (χ1v) is 6.53. The standard InChI is InChI=1S/C14H18N2O5/c1-8(2)14(18)21-12-6-5-10(7-11(12)16(19)20)13(17)15-9(3)4/h5-9H,1-4H3,(H,15,17). The van der Waals surface area contributed by atoms with Gasteiger partial charge in [0.25, 0.3) is 5.91 Å². The third kappa shape index (κ3) is 4.55. The highest BCUT2D eigenvalue weighted by Crippen LogP contribution is 2.28. The Labute approximate surface area is 122 Å². The van der Waals surface area contributed by atoms with E-state index in [1.54, 1.807) is 27.7 Å². The number of ether oxygens (including phenoxy) is 1. The highest BCUT2D eigenvalue weighted by Gasteiger charge is 2.22. The Kier molecular flexibility index (Phi) is 5.40. The first-order chi connectivity index (χ1) is 9.72. The van der Waals surface area contributed by atoms with E-state index in [-0.39, 0.29) is 17.4 Å². The van der Waals surface area contributed by atoms with Gasteiger partial charge in [0.1, 0.15) is 0 Å². The Morgan fingerprint density at radius 1 is 1.24 bits per heavy atom. The number of nitro groups is 1. The van der Waals surface area contributed by atoms with Crippen LogP contribution < -0.4 is 10.1 Å². The maximum absolute atomic E-state index is 11.8. The van der Waals surface area contributed by atoms with Gasteiger partial charge in [-0.2, -0.15) is 0 Å². The zero-order valence-corrected chi connectivity index (χ0v) is 12.4. The van der Waals surface area contributed by atoms with Crippen molar-refractivity contribution in [2.45, 2.75) is 33.7 Å². The van der Waals surface area contributed by atoms with Crippen molar-refractivity contribution in [3.8, 4) is 5.75 Å². The van der Waals surface area contributed by atoms with E-state index in [0.717, 1.165) is 6.07 Å². The zero-order chi connectivity index (χ0) is 16.2. The molecular weight excluding hydrogens is 276 g/mol. The molecular formula is C14H18N2O5. The van der Waals surface area contributed by atoms with Gasteiger partial charge in [0, 0.05) is 17.7 Å². The maximum atomic E-state index is 11.8. The van der Waals surface area contributed by atoms with Crippen molar-refractivity contribution >= 4 is 17.6 Å². The average molecular weight is 294 g/mol. The van der Waals surface area contributed by atoms with Crippen LogP contribution in [0.3, 0.4) is 0 Å². The van der Waals surface area contributed by atoms with Crippen LogP contribution in [0.2, 0.25) is 0 Å². The molecule has 0 radical (unpaired) electrons. The number of rotatable bonds is 5. The van der Waals surface area contributed by atoms with E-state index in [2.05, 4.69) is 5.32 Å². The molecule has 7 nitrogen and oxygen atoms in total. The van der Waals surface area contributed by atoms with E-state index in [1.165, 1.54) is 12.1 Å². The molecule has 21 heavy (non-hydrogen) atoms. The van der Waals surface area contributed by atoms with Crippen molar-refractivity contribution in [3.63, 3.8) is 0 Å². The van der Waals surface area contributed by atoms with Gasteiger partial charge in [-0.05, 0) is 26.0 Å². The van der Waals surface area contributed by atoms with Crippen molar-refractivity contribution in [1.82, 2.24) is 5.32 Å². The summed E-state index contributed by atoms with van der Waals surface area (Å²) in [6.45, 7) is 6.81. The SMILES string of the molecule is CC(C)NC(=O)c1ccc(OC(=O)C(C)C)c([N+](=O)[O-])c1. The van der Waals surface area contributed by atoms with Gasteiger partial charge in [-0.15, -0.1) is 0 Å². The largest absolute Gasteiger partial charge is 0.419 e. The fourth-order valence-electron chi connectivity index (χ4n) is 1.46. The summed E-state index contributed by atoms with van der Waals surface area (Å²) < 4.78 is 4.97. The summed E-state index contributed by atoms with van der Waals surface area (Å²) in [7, 11) is 0. The minimum atomic E-state index is -0.685. The third-order valence-electron chi connectivity index (χ3n) is 2.52. The molecule has 0 unspecified atom stereocenters. The summed E-state index contributed by atoms with van der Waals surface area (Å²) in [6, 6.07) is 3.65. The van der Waals surface area contributed by atoms with Crippen molar-refractivity contribution in [2.24, 2.45) is 5.92 Å². The molecule has 0 aliphatic rings. The Bertz CT molecular complexity index is 566. The van der Waals surface area contributed by atoms with Crippen LogP contribution in [0.5, 0.6) is 5.75 Å². The molecule has 0 spiro atoms. The fraction of sp³-hybridized carbons (Fsp3) is 0.429. The van der Waals surface area contributed by atoms with Crippen LogP contribution in [0.1, 0.15) is 38.1 Å². The molecule has 1 amide bonds. The minimum Gasteiger partial charge on any atom is -0.419 e. The summed E-state index contributed by atoms with van der Waals surface area (Å²) in [4.78, 5) is 33.7. The van der Waals surface area contributed by atoms with Gasteiger partial charge in [-0.25, -0.2) is 0 Å². The second-order valence-corrected chi connectivity index (χ2v) is 5.14. The number of benzene rings is 1. The van der Waals surface area contributed by atoms with Crippen LogP contribution in [0.4, 0.5) is 5.69 Å². The lowest BCUT2D eigenvalue weighted by molar-refractivity contribution is -0.385. The van der Waals surface area contributed by atoms with E-state index < -0.39 is 28.4 Å². The molecule has 0 bridgehead atoms. The maximum Gasteiger partial charge on any atom is 0.314 e. The summed E-state index contributed by atoms with van der Waals surface area (Å²) in [5.74, 6) is -1.57. The van der Waals surface area contributed by atoms with E-state index in [0.29, 0.717) is 0 Å². The van der Waals surface area contributed by atoms with E-state index in [4.69, 9.17) is 4.74 Å². The van der Waals surface area contributed by atoms with Gasteiger partial charge in [-0.1, -0.05) is 13.8 Å². The quantitative estimate of drug-likeness (QED) is 0.389. The number of carbonyl (C=O) groups excluding carboxylic acids is 2. The second kappa shape index (κ2) is 6.83. The van der Waals surface area contributed by atoms with Gasteiger partial charge in [0.05, 0.1) is 10.8 Å². The number of amides is 1. The van der Waals surface area contributed by atoms with Gasteiger partial charge in [0.15, 0.2) is 0 Å². The number of nitrogens with one attached hydrogen (secondary N) is 1. The number of nitrogens with zero attached hydrogens (tertiary/aromatic N) is 1. The molecule has 1 aromatic carbocycles. The van der Waals surface area contributed by atoms with E-state index in [9.17, 15) is 19.7 Å². The highest BCUT2D eigenvalue weighted by molar-refractivity contribution is 5.95. The minimum absolute atomic E-state index is 0.0880. The van der Waals surface area contributed by atoms with Crippen molar-refractivity contribution in [2.75, 3.05) is 0 Å². The predicted octanol–water partition coefficient (Wildman–Crippen LogP) is 2.29. The van der Waals surface area contributed by atoms with Crippen LogP contribution in [-0.2, 0) is 4.79 Å². The lowest BCUT2D eigenvalue weighted by atomic mass is 10.1. The lowest BCUT2D eigenvalue weighted by Crippen LogP contribution is -2.30. The molecule has 1 aromatic rings. The topological polar surface area (TPSA) is 98.5 Å². The average Bonchev–Trinajstić information content (AvgIpc) is 2.37. The lowest BCUT2D eigenvalue weighted by Gasteiger charge is -2.10. The summed E-state index contributed by atoms with van der Waals surface area (Å²) in [6.07, 6.45) is 0. The number of carbonyl (C=O) groups is 2. The summed E-state index contributed by atoms with van der Waals surface area (Å²) in [5.41, 5.74) is -0.278. The molecule has 1 rings (SSSR count). The number of esters is 1. The molecule has 0 fully saturated rings.